The fourth-order valence-electron chi connectivity index (χ4n) is 12.4. The molecule has 2 fully saturated rings. The minimum atomic E-state index is -3.71. The Labute approximate surface area is 686 Å². The van der Waals surface area contributed by atoms with E-state index in [1.54, 1.807) is 110 Å². The number of aromatic amines is 1. The Bertz CT molecular complexity index is 5570. The monoisotopic (exact) mass is 1690 g/mol. The van der Waals surface area contributed by atoms with Gasteiger partial charge in [0.15, 0.2) is 0 Å². The first kappa shape index (κ1) is 84.8. The summed E-state index contributed by atoms with van der Waals surface area (Å²) in [6, 6.07) is 57.4. The van der Waals surface area contributed by atoms with Crippen molar-refractivity contribution in [3.63, 3.8) is 0 Å². The molecular weight excluding hydrogens is 1610 g/mol. The maximum absolute atomic E-state index is 12.7. The Kier molecular flexibility index (Phi) is 30.8. The fourth-order valence-corrected chi connectivity index (χ4v) is 16.2. The van der Waals surface area contributed by atoms with Crippen molar-refractivity contribution in [3.05, 3.63) is 268 Å². The first-order valence-electron chi connectivity index (χ1n) is 36.8. The van der Waals surface area contributed by atoms with E-state index in [9.17, 15) is 40.3 Å². The number of nitrogens with zero attached hydrogens (tertiary/aromatic N) is 10. The van der Waals surface area contributed by atoms with Crippen molar-refractivity contribution in [3.8, 4) is 11.5 Å². The highest BCUT2D eigenvalue weighted by molar-refractivity contribution is 8.13. The molecule has 7 heterocycles. The van der Waals surface area contributed by atoms with E-state index < -0.39 is 29.1 Å². The lowest BCUT2D eigenvalue weighted by molar-refractivity contribution is 0.412. The smallest absolute Gasteiger partial charge is 0.261 e. The summed E-state index contributed by atoms with van der Waals surface area (Å²) in [6.45, 7) is 1.82. The molecule has 0 saturated heterocycles. The highest BCUT2D eigenvalue weighted by atomic mass is 35.7. The Balaban J connectivity index is 0.000000142. The van der Waals surface area contributed by atoms with Crippen molar-refractivity contribution in [1.29, 1.82) is 0 Å². The summed E-state index contributed by atoms with van der Waals surface area (Å²) >= 11 is 17.2. The molecule has 0 bridgehead atoms. The van der Waals surface area contributed by atoms with Crippen LogP contribution in [0, 0.1) is 0 Å². The molecule has 11 N–H and O–H groups in total. The minimum Gasteiger partial charge on any atom is -0.508 e. The molecule has 0 radical (unpaired) electrons. The lowest BCUT2D eigenvalue weighted by Crippen LogP contribution is -2.36. The number of halogens is 4. The summed E-state index contributed by atoms with van der Waals surface area (Å²) < 4.78 is 78.1. The molecule has 16 rings (SSSR count). The van der Waals surface area contributed by atoms with Gasteiger partial charge in [-0.2, -0.15) is 4.98 Å². The number of aromatic hydroxyl groups is 2. The molecule has 598 valence electrons. The van der Waals surface area contributed by atoms with E-state index in [1.807, 2.05) is 91.0 Å². The number of sulfonamides is 2. The number of hydrogen-bond donors (Lipinski definition) is 11. The van der Waals surface area contributed by atoms with Crippen LogP contribution < -0.4 is 51.8 Å². The summed E-state index contributed by atoms with van der Waals surface area (Å²) in [7, 11) is -5.53. The summed E-state index contributed by atoms with van der Waals surface area (Å²) in [6.07, 6.45) is 21.9. The second kappa shape index (κ2) is 41.8. The lowest BCUT2D eigenvalue weighted by atomic mass is 9.96. The number of phenolic OH excluding ortho intramolecular Hbond substituents is 2. The number of para-hydroxylation sites is 2. The van der Waals surface area contributed by atoms with Crippen LogP contribution in [-0.4, -0.2) is 110 Å². The predicted octanol–water partition coefficient (Wildman–Crippen LogP) is 17.0. The van der Waals surface area contributed by atoms with Gasteiger partial charge in [0.25, 0.3) is 14.6 Å². The highest BCUT2D eigenvalue weighted by Crippen LogP contribution is 2.38. The summed E-state index contributed by atoms with van der Waals surface area (Å²) in [4.78, 5) is 53.1. The SMILES string of the molecule is Clc1ccnc(Nc2ccccc2)n1.O=S(=O)(Cl)c1ccc(Nc2nccc(Cl)n2)cc1.O=S(=O)(NC1CCCCC1)c1ccc(Nc2nccc(Cl)n2)cc1.O=S(=O)(NC1CCCCC1)c1ccc(Nc2nccc(N3CCCc4c(O)cccc43)n2)cc1.O=c1ccnc(Nc2ccccc2)[nH]1.Oc1cccc2c1CCCN2. The van der Waals surface area contributed by atoms with Crippen LogP contribution in [0.1, 0.15) is 88.2 Å². The van der Waals surface area contributed by atoms with Gasteiger partial charge in [-0.15, -0.1) is 0 Å². The third-order valence-corrected chi connectivity index (χ3v) is 23.0. The van der Waals surface area contributed by atoms with Crippen molar-refractivity contribution in [1.82, 2.24) is 59.3 Å². The first-order chi connectivity index (χ1) is 55.5. The summed E-state index contributed by atoms with van der Waals surface area (Å²) in [5, 5.41) is 39.0. The van der Waals surface area contributed by atoms with Crippen LogP contribution in [0.5, 0.6) is 11.5 Å². The molecular formula is C80H83Cl4N19O9S3. The molecule has 115 heavy (non-hydrogen) atoms. The highest BCUT2D eigenvalue weighted by Gasteiger charge is 2.25. The number of aromatic nitrogens is 10. The number of phenols is 2. The molecule has 2 aliphatic carbocycles. The number of nitrogens with one attached hydrogen (secondary N) is 9. The molecule has 12 aromatic rings. The van der Waals surface area contributed by atoms with Gasteiger partial charge >= 0.3 is 0 Å². The van der Waals surface area contributed by atoms with E-state index >= 15 is 0 Å². The average molecular weight is 1690 g/mol. The number of rotatable bonds is 18. The summed E-state index contributed by atoms with van der Waals surface area (Å²) in [5.41, 5.74) is 7.72. The number of hydrogen-bond acceptors (Lipinski definition) is 25. The van der Waals surface area contributed by atoms with Gasteiger partial charge in [0, 0.05) is 124 Å². The Morgan fingerprint density at radius 2 is 0.809 bits per heavy atom. The largest absolute Gasteiger partial charge is 0.508 e. The molecule has 5 aromatic heterocycles. The van der Waals surface area contributed by atoms with Crippen molar-refractivity contribution >= 4 is 150 Å². The van der Waals surface area contributed by atoms with E-state index in [0.717, 1.165) is 130 Å². The van der Waals surface area contributed by atoms with Crippen LogP contribution in [0.15, 0.2) is 251 Å². The van der Waals surface area contributed by atoms with Gasteiger partial charge in [-0.1, -0.05) is 122 Å². The van der Waals surface area contributed by atoms with Crippen LogP contribution in [0.3, 0.4) is 0 Å². The normalized spacial score (nSPS) is 13.9. The van der Waals surface area contributed by atoms with Gasteiger partial charge in [0.2, 0.25) is 49.8 Å². The summed E-state index contributed by atoms with van der Waals surface area (Å²) in [5.74, 6) is 3.52. The Morgan fingerprint density at radius 3 is 1.26 bits per heavy atom. The number of benzene rings is 7. The predicted molar refractivity (Wildman–Crippen MR) is 452 cm³/mol. The van der Waals surface area contributed by atoms with E-state index in [0.29, 0.717) is 73.8 Å². The van der Waals surface area contributed by atoms with Gasteiger partial charge in [0.1, 0.15) is 32.8 Å². The Hall–Kier alpha value is -11.1. The minimum absolute atomic E-state index is 0.0227. The molecule has 0 unspecified atom stereocenters. The third-order valence-electron chi connectivity index (χ3n) is 17.9. The first-order valence-corrected chi connectivity index (χ1v) is 43.2. The Morgan fingerprint density at radius 1 is 0.400 bits per heavy atom. The van der Waals surface area contributed by atoms with Gasteiger partial charge in [0.05, 0.1) is 14.7 Å². The van der Waals surface area contributed by atoms with Crippen LogP contribution in [0.2, 0.25) is 15.5 Å². The maximum atomic E-state index is 12.7. The zero-order chi connectivity index (χ0) is 81.0. The van der Waals surface area contributed by atoms with Crippen LogP contribution in [-0.2, 0) is 41.9 Å². The van der Waals surface area contributed by atoms with Crippen molar-refractivity contribution < 1.29 is 35.5 Å². The topological polar surface area (TPSA) is 391 Å². The molecule has 35 heteroatoms. The van der Waals surface area contributed by atoms with Gasteiger partial charge in [-0.3, -0.25) is 9.78 Å². The molecule has 7 aromatic carbocycles. The second-order valence-corrected chi connectivity index (χ2v) is 33.4. The van der Waals surface area contributed by atoms with Crippen molar-refractivity contribution in [2.75, 3.05) is 49.9 Å². The van der Waals surface area contributed by atoms with Crippen molar-refractivity contribution in [2.24, 2.45) is 0 Å². The molecule has 2 aliphatic heterocycles. The van der Waals surface area contributed by atoms with E-state index in [4.69, 9.17) is 45.5 Å². The molecule has 0 spiro atoms. The average Bonchev–Trinajstić information content (AvgIpc) is 0.790. The second-order valence-electron chi connectivity index (χ2n) is 26.3. The molecule has 2 saturated carbocycles. The molecule has 4 aliphatic rings. The van der Waals surface area contributed by atoms with Crippen LogP contribution in [0.25, 0.3) is 0 Å². The standard InChI is InChI=1S/C25H29N5O3S.C16H19ClN4O2S.C10H7Cl2N3O2S.C10H8ClN3.C10H9N3O.C9H11NO/c31-23-10-4-9-22-21(23)8-5-17-30(22)24-15-16-26-25(28-24)27-18-11-13-20(14-12-18)34(32,33)29-19-6-2-1-3-7-19;17-15-10-11-18-16(20-15)19-12-6-8-14(9-7-12)24(22,23)21-13-4-2-1-3-5-13;11-9-5-6-13-10(15-9)14-7-1-3-8(4-2-7)18(12,16)17;11-9-6-7-12-10(14-9)13-8-4-2-1-3-5-8;14-9-6-7-11-10(13-9)12-8-4-2-1-3-5-8;11-9-5-1-4-8-7(9)3-2-6-10-8/h4,9-16,19,29,31H,1-3,5-8,17H2,(H,26,27,28);6-11,13,21H,1-5H2,(H,18,19,20);1-6H,(H,13,14,15);1-7H,(H,12,13,14);1-7H,(H2,11,12,13,14);1,4-5,10-11H,2-3,6H2. The zero-order valence-corrected chi connectivity index (χ0v) is 67.3. The van der Waals surface area contributed by atoms with Gasteiger partial charge < -0.3 is 47.0 Å². The molecule has 0 amide bonds. The maximum Gasteiger partial charge on any atom is 0.261 e. The zero-order valence-electron chi connectivity index (χ0n) is 61.9. The quantitative estimate of drug-likeness (QED) is 0.0281. The van der Waals surface area contributed by atoms with E-state index in [-0.39, 0.29) is 32.3 Å². The number of fused-ring (bicyclic) bond motifs is 2. The number of anilines is 13. The number of H-pyrrole nitrogens is 1. The van der Waals surface area contributed by atoms with E-state index in [2.05, 4.69) is 96.1 Å². The van der Waals surface area contributed by atoms with Gasteiger partial charge in [-0.25, -0.2) is 74.6 Å². The van der Waals surface area contributed by atoms with Crippen LogP contribution in [0.4, 0.5) is 75.4 Å². The van der Waals surface area contributed by atoms with Gasteiger partial charge in [-0.05, 0) is 197 Å². The third kappa shape index (κ3) is 26.7. The fraction of sp³-hybridized carbons (Fsp3) is 0.225. The van der Waals surface area contributed by atoms with Crippen LogP contribution >= 0.6 is 45.5 Å². The molecule has 28 nitrogen and oxygen atoms in total. The van der Waals surface area contributed by atoms with Crippen molar-refractivity contribution in [2.45, 2.75) is 117 Å². The lowest BCUT2D eigenvalue weighted by Gasteiger charge is -2.30. The van der Waals surface area contributed by atoms with E-state index in [1.165, 1.54) is 43.4 Å². The molecule has 0 atom stereocenters.